The molecule has 2 unspecified atom stereocenters. The molecule has 0 amide bonds. The summed E-state index contributed by atoms with van der Waals surface area (Å²) in [5.74, 6) is -2.88. The summed E-state index contributed by atoms with van der Waals surface area (Å²) >= 11 is 0. The van der Waals surface area contributed by atoms with Crippen LogP contribution in [-0.2, 0) is 31.6 Å². The average Bonchev–Trinajstić information content (AvgIpc) is 3.19. The fourth-order valence-corrected chi connectivity index (χ4v) is 4.89. The largest absolute Gasteiger partial charge is 0.494 e. The van der Waals surface area contributed by atoms with Crippen LogP contribution in [0.3, 0.4) is 0 Å². The summed E-state index contributed by atoms with van der Waals surface area (Å²) in [4.78, 5) is 12.4. The highest BCUT2D eigenvalue weighted by Crippen LogP contribution is 2.66. The molecule has 11 heteroatoms. The molecule has 4 N–H and O–H groups in total. The summed E-state index contributed by atoms with van der Waals surface area (Å²) < 4.78 is 51.8. The molecular formula is C20H18F3N3O5. The number of nitriles is 1. The predicted molar refractivity (Wildman–Crippen MR) is 98.1 cm³/mol. The molecular weight excluding hydrogens is 419 g/mol. The van der Waals surface area contributed by atoms with Gasteiger partial charge in [-0.05, 0) is 32.0 Å². The van der Waals surface area contributed by atoms with E-state index in [1.54, 1.807) is 0 Å². The van der Waals surface area contributed by atoms with Crippen LogP contribution < -0.4 is 5.73 Å². The van der Waals surface area contributed by atoms with Crippen LogP contribution in [0.15, 0.2) is 18.2 Å². The molecule has 0 radical (unpaired) electrons. The fraction of sp³-hybridized carbons (Fsp3) is 0.400. The third kappa shape index (κ3) is 2.46. The van der Waals surface area contributed by atoms with Gasteiger partial charge in [0.15, 0.2) is 0 Å². The van der Waals surface area contributed by atoms with Crippen molar-refractivity contribution in [3.05, 3.63) is 40.5 Å². The van der Waals surface area contributed by atoms with Gasteiger partial charge in [-0.3, -0.25) is 9.36 Å². The van der Waals surface area contributed by atoms with Gasteiger partial charge in [0.25, 0.3) is 0 Å². The first-order valence-corrected chi connectivity index (χ1v) is 9.15. The number of hydrogen-bond acceptors (Lipinski definition) is 7. The topological polar surface area (TPSA) is 131 Å². The summed E-state index contributed by atoms with van der Waals surface area (Å²) in [6, 6.07) is 3.28. The normalized spacial score (nSPS) is 29.0. The van der Waals surface area contributed by atoms with E-state index in [4.69, 9.17) is 20.5 Å². The number of alkyl halides is 3. The lowest BCUT2D eigenvalue weighted by molar-refractivity contribution is -0.153. The number of benzene rings is 1. The molecule has 8 nitrogen and oxygen atoms in total. The number of halogens is 3. The number of aromatic nitrogens is 1. The summed E-state index contributed by atoms with van der Waals surface area (Å²) in [5.41, 5.74) is 1.42. The number of ether oxygens (including phenoxy) is 2. The standard InChI is InChI=1S/C20H18F3N3O5/c1-18-11-12(19(2,31-18)14(25)13(18)17(29)30-3)16(28)26(15(11)27)9-5-4-8(7-24)10(6-9)20(21,22)23/h4-6,13-14,27-28H,25H2,1-3H3/t13-,14+,18?,19?/m0/s1. The number of fused-ring (bicyclic) bond motifs is 5. The number of rotatable bonds is 2. The molecule has 4 rings (SSSR count). The number of aromatic hydroxyl groups is 2. The van der Waals surface area contributed by atoms with E-state index in [2.05, 4.69) is 0 Å². The van der Waals surface area contributed by atoms with E-state index < -0.39 is 58.2 Å². The molecule has 2 aromatic rings. The molecule has 1 saturated heterocycles. The third-order valence-electron chi connectivity index (χ3n) is 6.27. The number of hydrogen-bond donors (Lipinski definition) is 3. The van der Waals surface area contributed by atoms with Crippen LogP contribution in [0.25, 0.3) is 5.69 Å². The second kappa shape index (κ2) is 6.15. The summed E-state index contributed by atoms with van der Waals surface area (Å²) in [6.45, 7) is 3.02. The van der Waals surface area contributed by atoms with Crippen LogP contribution in [0.5, 0.6) is 11.8 Å². The van der Waals surface area contributed by atoms with Crippen LogP contribution in [0.2, 0.25) is 0 Å². The van der Waals surface area contributed by atoms with Crippen molar-refractivity contribution >= 4 is 5.97 Å². The van der Waals surface area contributed by atoms with Gasteiger partial charge in [-0.25, -0.2) is 0 Å². The Balaban J connectivity index is 1.98. The first kappa shape index (κ1) is 21.0. The maximum absolute atomic E-state index is 13.4. The number of carbonyl (C=O) groups excluding carboxylic acids is 1. The number of methoxy groups -OCH3 is 1. The molecule has 164 valence electrons. The molecule has 31 heavy (non-hydrogen) atoms. The van der Waals surface area contributed by atoms with Gasteiger partial charge in [0, 0.05) is 0 Å². The highest BCUT2D eigenvalue weighted by Gasteiger charge is 2.71. The summed E-state index contributed by atoms with van der Waals surface area (Å²) in [7, 11) is 1.17. The van der Waals surface area contributed by atoms with Crippen molar-refractivity contribution in [2.24, 2.45) is 11.7 Å². The van der Waals surface area contributed by atoms with E-state index in [1.807, 2.05) is 0 Å². The lowest BCUT2D eigenvalue weighted by Gasteiger charge is -2.32. The molecule has 0 saturated carbocycles. The Labute approximate surface area is 174 Å². The van der Waals surface area contributed by atoms with Gasteiger partial charge in [-0.15, -0.1) is 0 Å². The number of nitrogens with two attached hydrogens (primary N) is 1. The first-order valence-electron chi connectivity index (χ1n) is 9.15. The monoisotopic (exact) mass is 437 g/mol. The Bertz CT molecular complexity index is 1170. The number of nitrogens with zero attached hydrogens (tertiary/aromatic N) is 2. The lowest BCUT2D eigenvalue weighted by atomic mass is 9.69. The van der Waals surface area contributed by atoms with Crippen molar-refractivity contribution in [3.63, 3.8) is 0 Å². The zero-order chi connectivity index (χ0) is 23.1. The molecule has 2 bridgehead atoms. The Hall–Kier alpha value is -3.23. The van der Waals surface area contributed by atoms with Gasteiger partial charge in [0.1, 0.15) is 17.1 Å². The summed E-state index contributed by atoms with van der Waals surface area (Å²) in [5, 5.41) is 30.9. The molecule has 1 aromatic carbocycles. The fourth-order valence-electron chi connectivity index (χ4n) is 4.89. The van der Waals surface area contributed by atoms with Gasteiger partial charge in [-0.2, -0.15) is 18.4 Å². The second-order valence-electron chi connectivity index (χ2n) is 7.91. The predicted octanol–water partition coefficient (Wildman–Crippen LogP) is 2.37. The van der Waals surface area contributed by atoms with Crippen LogP contribution in [-0.4, -0.2) is 33.9 Å². The highest BCUT2D eigenvalue weighted by molar-refractivity contribution is 5.79. The zero-order valence-electron chi connectivity index (χ0n) is 16.6. The van der Waals surface area contributed by atoms with E-state index in [-0.39, 0.29) is 16.8 Å². The minimum Gasteiger partial charge on any atom is -0.494 e. The molecule has 2 aliphatic heterocycles. The smallest absolute Gasteiger partial charge is 0.417 e. The molecule has 1 fully saturated rings. The van der Waals surface area contributed by atoms with Crippen molar-refractivity contribution in [1.82, 2.24) is 4.57 Å². The molecule has 2 aliphatic rings. The van der Waals surface area contributed by atoms with Crippen molar-refractivity contribution in [1.29, 1.82) is 5.26 Å². The van der Waals surface area contributed by atoms with E-state index >= 15 is 0 Å². The van der Waals surface area contributed by atoms with E-state index in [1.165, 1.54) is 27.0 Å². The van der Waals surface area contributed by atoms with Gasteiger partial charge < -0.3 is 25.4 Å². The molecule has 0 aliphatic carbocycles. The maximum atomic E-state index is 13.4. The molecule has 0 spiro atoms. The number of carbonyl (C=O) groups is 1. The second-order valence-corrected chi connectivity index (χ2v) is 7.91. The van der Waals surface area contributed by atoms with Crippen molar-refractivity contribution in [3.8, 4) is 23.5 Å². The van der Waals surface area contributed by atoms with Gasteiger partial charge in [0.05, 0.1) is 47.2 Å². The van der Waals surface area contributed by atoms with E-state index in [0.29, 0.717) is 6.07 Å². The molecule has 3 heterocycles. The van der Waals surface area contributed by atoms with Gasteiger partial charge in [-0.1, -0.05) is 0 Å². The zero-order valence-corrected chi connectivity index (χ0v) is 16.6. The first-order chi connectivity index (χ1) is 14.3. The third-order valence-corrected chi connectivity index (χ3v) is 6.27. The van der Waals surface area contributed by atoms with Crippen molar-refractivity contribution in [2.45, 2.75) is 37.3 Å². The Morgan fingerprint density at radius 1 is 1.26 bits per heavy atom. The Morgan fingerprint density at radius 2 is 1.84 bits per heavy atom. The van der Waals surface area contributed by atoms with E-state index in [0.717, 1.165) is 16.7 Å². The lowest BCUT2D eigenvalue weighted by Crippen LogP contribution is -2.50. The van der Waals surface area contributed by atoms with Crippen LogP contribution in [0.4, 0.5) is 13.2 Å². The SMILES string of the molecule is COC(=O)[C@@H]1[C@@H](N)C2(C)OC1(C)c1c2c(O)n(-c2ccc(C#N)c(C(F)(F)F)c2)c1O. The molecule has 1 aromatic heterocycles. The van der Waals surface area contributed by atoms with Crippen LogP contribution in [0, 0.1) is 17.2 Å². The van der Waals surface area contributed by atoms with Gasteiger partial charge >= 0.3 is 12.1 Å². The van der Waals surface area contributed by atoms with Gasteiger partial charge in [0.2, 0.25) is 11.8 Å². The minimum atomic E-state index is -4.83. The Kier molecular flexibility index (Phi) is 4.17. The van der Waals surface area contributed by atoms with Crippen molar-refractivity contribution < 1.29 is 37.7 Å². The van der Waals surface area contributed by atoms with Crippen molar-refractivity contribution in [2.75, 3.05) is 7.11 Å². The van der Waals surface area contributed by atoms with Crippen LogP contribution in [0.1, 0.15) is 36.1 Å². The molecule has 4 atom stereocenters. The van der Waals surface area contributed by atoms with E-state index in [9.17, 15) is 28.2 Å². The highest BCUT2D eigenvalue weighted by atomic mass is 19.4. The average molecular weight is 437 g/mol. The maximum Gasteiger partial charge on any atom is 0.417 e. The van der Waals surface area contributed by atoms with Crippen LogP contribution >= 0.6 is 0 Å². The number of esters is 1. The minimum absolute atomic E-state index is 0.0440. The summed E-state index contributed by atoms with van der Waals surface area (Å²) in [6.07, 6.45) is -4.83. The quantitative estimate of drug-likeness (QED) is 0.615. The Morgan fingerprint density at radius 3 is 2.35 bits per heavy atom.